The molecule has 0 radical (unpaired) electrons. The van der Waals surface area contributed by atoms with Crippen LogP contribution in [0, 0.1) is 0 Å². The van der Waals surface area contributed by atoms with Crippen LogP contribution in [-0.2, 0) is 11.2 Å². The minimum atomic E-state index is 0.279. The highest BCUT2D eigenvalue weighted by Gasteiger charge is 2.01. The topological polar surface area (TPSA) is 30.0 Å². The van der Waals surface area contributed by atoms with E-state index < -0.39 is 0 Å². The number of rotatable bonds is 5. The lowest BCUT2D eigenvalue weighted by Crippen LogP contribution is -1.93. The Balaban J connectivity index is 2.05. The molecule has 0 N–H and O–H groups in total. The smallest absolute Gasteiger partial charge is 0.129 e. The molecular formula is C15H17NO. The summed E-state index contributed by atoms with van der Waals surface area (Å²) in [4.78, 5) is 15.3. The number of para-hydroxylation sites is 1. The molecule has 1 aromatic carbocycles. The van der Waals surface area contributed by atoms with Crippen LogP contribution < -0.4 is 0 Å². The molecule has 0 fully saturated rings. The van der Waals surface area contributed by atoms with Crippen LogP contribution in [0.15, 0.2) is 36.5 Å². The van der Waals surface area contributed by atoms with Crippen LogP contribution in [0.25, 0.3) is 10.9 Å². The van der Waals surface area contributed by atoms with Crippen molar-refractivity contribution in [3.05, 3.63) is 42.1 Å². The molecule has 0 amide bonds. The monoisotopic (exact) mass is 227 g/mol. The van der Waals surface area contributed by atoms with Crippen LogP contribution in [0.4, 0.5) is 0 Å². The van der Waals surface area contributed by atoms with Gasteiger partial charge in [0.15, 0.2) is 0 Å². The van der Waals surface area contributed by atoms with E-state index in [1.165, 1.54) is 10.9 Å². The molecule has 2 heteroatoms. The number of pyridine rings is 1. The molecule has 0 atom stereocenters. The van der Waals surface area contributed by atoms with Gasteiger partial charge >= 0.3 is 0 Å². The Morgan fingerprint density at radius 2 is 2.00 bits per heavy atom. The molecule has 1 heterocycles. The van der Waals surface area contributed by atoms with Crippen LogP contribution in [-0.4, -0.2) is 10.8 Å². The van der Waals surface area contributed by atoms with Gasteiger partial charge in [-0.05, 0) is 37.8 Å². The first-order valence-corrected chi connectivity index (χ1v) is 6.09. The molecule has 0 aliphatic heterocycles. The first-order chi connectivity index (χ1) is 8.27. The van der Waals surface area contributed by atoms with Gasteiger partial charge < -0.3 is 4.79 Å². The quantitative estimate of drug-likeness (QED) is 0.731. The second kappa shape index (κ2) is 5.58. The molecule has 1 aromatic heterocycles. The molecular weight excluding hydrogens is 210 g/mol. The van der Waals surface area contributed by atoms with Crippen molar-refractivity contribution in [3.63, 3.8) is 0 Å². The summed E-state index contributed by atoms with van der Waals surface area (Å²) in [6.45, 7) is 1.65. The highest BCUT2D eigenvalue weighted by Crippen LogP contribution is 2.18. The van der Waals surface area contributed by atoms with E-state index in [-0.39, 0.29) is 5.78 Å². The molecule has 0 bridgehead atoms. The molecule has 88 valence electrons. The molecule has 0 unspecified atom stereocenters. The normalized spacial score (nSPS) is 10.6. The lowest BCUT2D eigenvalue weighted by Gasteiger charge is -2.04. The van der Waals surface area contributed by atoms with Gasteiger partial charge in [0.05, 0.1) is 5.52 Å². The van der Waals surface area contributed by atoms with E-state index in [0.29, 0.717) is 6.42 Å². The third-order valence-electron chi connectivity index (χ3n) is 2.94. The maximum Gasteiger partial charge on any atom is 0.129 e. The van der Waals surface area contributed by atoms with Crippen LogP contribution in [0.1, 0.15) is 31.7 Å². The standard InChI is InChI=1S/C15H17NO/c1-12(17)6-2-3-7-13-8-4-9-14-10-5-11-16-15(13)14/h4-5,8-11H,2-3,6-7H2,1H3. The summed E-state index contributed by atoms with van der Waals surface area (Å²) in [5.41, 5.74) is 2.38. The van der Waals surface area contributed by atoms with E-state index in [1.807, 2.05) is 12.3 Å². The first kappa shape index (κ1) is 11.8. The molecule has 2 aromatic rings. The Kier molecular flexibility index (Phi) is 3.86. The van der Waals surface area contributed by atoms with E-state index >= 15 is 0 Å². The number of unbranched alkanes of at least 4 members (excludes halogenated alkanes) is 1. The predicted molar refractivity (Wildman–Crippen MR) is 70.0 cm³/mol. The van der Waals surface area contributed by atoms with Crippen molar-refractivity contribution in [1.82, 2.24) is 4.98 Å². The largest absolute Gasteiger partial charge is 0.300 e. The molecule has 0 spiro atoms. The number of carbonyl (C=O) groups is 1. The molecule has 0 saturated carbocycles. The molecule has 0 aliphatic rings. The Labute approximate surface area is 102 Å². The highest BCUT2D eigenvalue weighted by atomic mass is 16.1. The number of hydrogen-bond donors (Lipinski definition) is 0. The SMILES string of the molecule is CC(=O)CCCCc1cccc2cccnc12. The fourth-order valence-electron chi connectivity index (χ4n) is 2.06. The summed E-state index contributed by atoms with van der Waals surface area (Å²) in [7, 11) is 0. The number of hydrogen-bond acceptors (Lipinski definition) is 2. The zero-order valence-corrected chi connectivity index (χ0v) is 10.1. The van der Waals surface area contributed by atoms with E-state index in [9.17, 15) is 4.79 Å². The minimum Gasteiger partial charge on any atom is -0.300 e. The number of fused-ring (bicyclic) bond motifs is 1. The van der Waals surface area contributed by atoms with Gasteiger partial charge in [-0.1, -0.05) is 24.3 Å². The molecule has 2 nitrogen and oxygen atoms in total. The van der Waals surface area contributed by atoms with Crippen molar-refractivity contribution in [2.75, 3.05) is 0 Å². The summed E-state index contributed by atoms with van der Waals surface area (Å²) in [5, 5.41) is 1.19. The van der Waals surface area contributed by atoms with Gasteiger partial charge in [0, 0.05) is 18.0 Å². The van der Waals surface area contributed by atoms with Crippen molar-refractivity contribution >= 4 is 16.7 Å². The van der Waals surface area contributed by atoms with Crippen molar-refractivity contribution in [1.29, 1.82) is 0 Å². The van der Waals surface area contributed by atoms with Crippen molar-refractivity contribution in [3.8, 4) is 0 Å². The Morgan fingerprint density at radius 1 is 1.18 bits per heavy atom. The Morgan fingerprint density at radius 3 is 2.82 bits per heavy atom. The van der Waals surface area contributed by atoms with E-state index in [4.69, 9.17) is 0 Å². The second-order valence-electron chi connectivity index (χ2n) is 4.40. The molecule has 0 saturated heterocycles. The summed E-state index contributed by atoms with van der Waals surface area (Å²) in [5.74, 6) is 0.279. The van der Waals surface area contributed by atoms with Crippen LogP contribution in [0.5, 0.6) is 0 Å². The summed E-state index contributed by atoms with van der Waals surface area (Å²) in [6.07, 6.45) is 5.55. The number of carbonyl (C=O) groups excluding carboxylic acids is 1. The van der Waals surface area contributed by atoms with Gasteiger partial charge in [-0.25, -0.2) is 0 Å². The predicted octanol–water partition coefficient (Wildman–Crippen LogP) is 3.54. The number of Topliss-reactive ketones (excluding diaryl/α,β-unsaturated/α-hetero) is 1. The van der Waals surface area contributed by atoms with Gasteiger partial charge in [0.2, 0.25) is 0 Å². The first-order valence-electron chi connectivity index (χ1n) is 6.09. The van der Waals surface area contributed by atoms with Crippen molar-refractivity contribution < 1.29 is 4.79 Å². The summed E-state index contributed by atoms with van der Waals surface area (Å²) < 4.78 is 0. The van der Waals surface area contributed by atoms with Gasteiger partial charge in [-0.15, -0.1) is 0 Å². The number of aromatic nitrogens is 1. The van der Waals surface area contributed by atoms with E-state index in [0.717, 1.165) is 24.8 Å². The Hall–Kier alpha value is -1.70. The third kappa shape index (κ3) is 3.13. The average Bonchev–Trinajstić information content (AvgIpc) is 2.34. The van der Waals surface area contributed by atoms with E-state index in [1.54, 1.807) is 6.92 Å². The van der Waals surface area contributed by atoms with Crippen LogP contribution >= 0.6 is 0 Å². The maximum absolute atomic E-state index is 10.9. The van der Waals surface area contributed by atoms with Crippen LogP contribution in [0.2, 0.25) is 0 Å². The lowest BCUT2D eigenvalue weighted by atomic mass is 10.0. The average molecular weight is 227 g/mol. The number of nitrogens with zero attached hydrogens (tertiary/aromatic N) is 1. The summed E-state index contributed by atoms with van der Waals surface area (Å²) >= 11 is 0. The van der Waals surface area contributed by atoms with Crippen molar-refractivity contribution in [2.45, 2.75) is 32.6 Å². The number of ketones is 1. The van der Waals surface area contributed by atoms with Gasteiger partial charge in [0.1, 0.15) is 5.78 Å². The fraction of sp³-hybridized carbons (Fsp3) is 0.333. The van der Waals surface area contributed by atoms with E-state index in [2.05, 4.69) is 29.2 Å². The Bertz CT molecular complexity index is 514. The highest BCUT2D eigenvalue weighted by molar-refractivity contribution is 5.81. The zero-order valence-electron chi connectivity index (χ0n) is 10.1. The fourth-order valence-corrected chi connectivity index (χ4v) is 2.06. The molecule has 2 rings (SSSR count). The summed E-state index contributed by atoms with van der Waals surface area (Å²) in [6, 6.07) is 10.3. The lowest BCUT2D eigenvalue weighted by molar-refractivity contribution is -0.117. The number of benzene rings is 1. The number of aryl methyl sites for hydroxylation is 1. The van der Waals surface area contributed by atoms with Gasteiger partial charge in [-0.3, -0.25) is 4.98 Å². The molecule has 0 aliphatic carbocycles. The second-order valence-corrected chi connectivity index (χ2v) is 4.40. The van der Waals surface area contributed by atoms with Gasteiger partial charge in [-0.2, -0.15) is 0 Å². The van der Waals surface area contributed by atoms with Crippen molar-refractivity contribution in [2.24, 2.45) is 0 Å². The van der Waals surface area contributed by atoms with Crippen LogP contribution in [0.3, 0.4) is 0 Å². The maximum atomic E-state index is 10.9. The zero-order chi connectivity index (χ0) is 12.1. The third-order valence-corrected chi connectivity index (χ3v) is 2.94. The molecule has 17 heavy (non-hydrogen) atoms. The minimum absolute atomic E-state index is 0.279. The van der Waals surface area contributed by atoms with Gasteiger partial charge in [0.25, 0.3) is 0 Å².